The highest BCUT2D eigenvalue weighted by Crippen LogP contribution is 2.27. The zero-order valence-electron chi connectivity index (χ0n) is 8.40. The van der Waals surface area contributed by atoms with Gasteiger partial charge in [-0.15, -0.1) is 0 Å². The van der Waals surface area contributed by atoms with Gasteiger partial charge in [0.2, 0.25) is 5.91 Å². The number of carbonyl (C=O) groups excluding carboxylic acids is 1. The first kappa shape index (κ1) is 9.98. The number of hydrogen-bond acceptors (Lipinski definition) is 3. The van der Waals surface area contributed by atoms with Crippen LogP contribution in [0.3, 0.4) is 0 Å². The number of rotatable bonds is 4. The standard InChI is InChI=1S/C11H14N2O2/c12-11(14)7-13-6-9-5-8-3-1-2-4-10(8)15-9/h1-4,9,13H,5-7H2,(H2,12,14). The van der Waals surface area contributed by atoms with Gasteiger partial charge in [0, 0.05) is 13.0 Å². The largest absolute Gasteiger partial charge is 0.488 e. The van der Waals surface area contributed by atoms with Crippen LogP contribution in [0.15, 0.2) is 24.3 Å². The van der Waals surface area contributed by atoms with Gasteiger partial charge in [-0.1, -0.05) is 18.2 Å². The first-order valence-corrected chi connectivity index (χ1v) is 4.99. The monoisotopic (exact) mass is 206 g/mol. The van der Waals surface area contributed by atoms with Crippen molar-refractivity contribution >= 4 is 5.91 Å². The minimum atomic E-state index is -0.342. The van der Waals surface area contributed by atoms with Gasteiger partial charge in [0.15, 0.2) is 0 Å². The van der Waals surface area contributed by atoms with Crippen LogP contribution in [-0.2, 0) is 11.2 Å². The lowest BCUT2D eigenvalue weighted by Gasteiger charge is -2.10. The van der Waals surface area contributed by atoms with Gasteiger partial charge in [-0.3, -0.25) is 4.79 Å². The summed E-state index contributed by atoms with van der Waals surface area (Å²) in [5, 5.41) is 2.96. The van der Waals surface area contributed by atoms with E-state index in [1.165, 1.54) is 5.56 Å². The molecule has 0 aliphatic carbocycles. The summed E-state index contributed by atoms with van der Waals surface area (Å²) >= 11 is 0. The lowest BCUT2D eigenvalue weighted by molar-refractivity contribution is -0.117. The quantitative estimate of drug-likeness (QED) is 0.732. The number of para-hydroxylation sites is 1. The fraction of sp³-hybridized carbons (Fsp3) is 0.364. The van der Waals surface area contributed by atoms with Crippen molar-refractivity contribution in [2.45, 2.75) is 12.5 Å². The average Bonchev–Trinajstić information content (AvgIpc) is 2.59. The zero-order chi connectivity index (χ0) is 10.7. The molecule has 2 rings (SSSR count). The van der Waals surface area contributed by atoms with Gasteiger partial charge in [-0.2, -0.15) is 0 Å². The van der Waals surface area contributed by atoms with E-state index in [1.807, 2.05) is 18.2 Å². The fourth-order valence-corrected chi connectivity index (χ4v) is 1.72. The Morgan fingerprint density at radius 1 is 1.53 bits per heavy atom. The summed E-state index contributed by atoms with van der Waals surface area (Å²) in [7, 11) is 0. The molecular weight excluding hydrogens is 192 g/mol. The van der Waals surface area contributed by atoms with Crippen LogP contribution in [-0.4, -0.2) is 25.1 Å². The Balaban J connectivity index is 1.83. The molecule has 1 aliphatic heterocycles. The van der Waals surface area contributed by atoms with E-state index in [4.69, 9.17) is 10.5 Å². The number of primary amides is 1. The van der Waals surface area contributed by atoms with E-state index in [9.17, 15) is 4.79 Å². The van der Waals surface area contributed by atoms with Crippen LogP contribution < -0.4 is 15.8 Å². The first-order valence-electron chi connectivity index (χ1n) is 4.99. The van der Waals surface area contributed by atoms with E-state index in [2.05, 4.69) is 11.4 Å². The van der Waals surface area contributed by atoms with Crippen molar-refractivity contribution in [3.63, 3.8) is 0 Å². The minimum Gasteiger partial charge on any atom is -0.488 e. The summed E-state index contributed by atoms with van der Waals surface area (Å²) in [4.78, 5) is 10.5. The van der Waals surface area contributed by atoms with E-state index in [0.29, 0.717) is 6.54 Å². The average molecular weight is 206 g/mol. The van der Waals surface area contributed by atoms with Gasteiger partial charge in [0.05, 0.1) is 6.54 Å². The number of benzene rings is 1. The first-order chi connectivity index (χ1) is 7.25. The maximum atomic E-state index is 10.5. The van der Waals surface area contributed by atoms with Crippen LogP contribution in [0.1, 0.15) is 5.56 Å². The lowest BCUT2D eigenvalue weighted by Crippen LogP contribution is -2.35. The number of nitrogens with two attached hydrogens (primary N) is 1. The topological polar surface area (TPSA) is 64.4 Å². The smallest absolute Gasteiger partial charge is 0.231 e. The maximum absolute atomic E-state index is 10.5. The van der Waals surface area contributed by atoms with Crippen LogP contribution >= 0.6 is 0 Å². The van der Waals surface area contributed by atoms with E-state index in [1.54, 1.807) is 0 Å². The number of nitrogens with one attached hydrogen (secondary N) is 1. The highest BCUT2D eigenvalue weighted by atomic mass is 16.5. The van der Waals surface area contributed by atoms with Crippen molar-refractivity contribution in [2.75, 3.05) is 13.1 Å². The third kappa shape index (κ3) is 2.47. The molecule has 0 saturated heterocycles. The van der Waals surface area contributed by atoms with Gasteiger partial charge >= 0.3 is 0 Å². The molecule has 0 aromatic heterocycles. The van der Waals surface area contributed by atoms with Crippen LogP contribution in [0.25, 0.3) is 0 Å². The SMILES string of the molecule is NC(=O)CNCC1Cc2ccccc2O1. The second kappa shape index (κ2) is 4.31. The summed E-state index contributed by atoms with van der Waals surface area (Å²) in [6.07, 6.45) is 1.00. The Morgan fingerprint density at radius 3 is 3.07 bits per heavy atom. The van der Waals surface area contributed by atoms with Crippen molar-refractivity contribution in [1.29, 1.82) is 0 Å². The summed E-state index contributed by atoms with van der Waals surface area (Å²) in [6.45, 7) is 0.855. The number of ether oxygens (including phenoxy) is 1. The minimum absolute atomic E-state index is 0.113. The molecule has 1 aromatic rings. The molecule has 0 radical (unpaired) electrons. The normalized spacial score (nSPS) is 18.3. The number of hydrogen-bond donors (Lipinski definition) is 2. The Hall–Kier alpha value is -1.55. The molecular formula is C11H14N2O2. The van der Waals surface area contributed by atoms with Crippen molar-refractivity contribution in [3.05, 3.63) is 29.8 Å². The van der Waals surface area contributed by atoms with Crippen molar-refractivity contribution in [3.8, 4) is 5.75 Å². The molecule has 0 spiro atoms. The highest BCUT2D eigenvalue weighted by molar-refractivity contribution is 5.75. The van der Waals surface area contributed by atoms with Crippen molar-refractivity contribution < 1.29 is 9.53 Å². The van der Waals surface area contributed by atoms with Gasteiger partial charge in [0.25, 0.3) is 0 Å². The van der Waals surface area contributed by atoms with Gasteiger partial charge in [0.1, 0.15) is 11.9 Å². The Bertz CT molecular complexity index is 340. The predicted molar refractivity (Wildman–Crippen MR) is 56.6 cm³/mol. The molecule has 1 unspecified atom stereocenters. The Labute approximate surface area is 88.4 Å². The molecule has 0 bridgehead atoms. The number of carbonyl (C=O) groups is 1. The summed E-state index contributed by atoms with van der Waals surface area (Å²) in [5.74, 6) is 0.605. The molecule has 3 N–H and O–H groups in total. The van der Waals surface area contributed by atoms with Crippen molar-refractivity contribution in [2.24, 2.45) is 5.73 Å². The molecule has 1 atom stereocenters. The van der Waals surface area contributed by atoms with E-state index in [-0.39, 0.29) is 18.6 Å². The maximum Gasteiger partial charge on any atom is 0.231 e. The van der Waals surface area contributed by atoms with Crippen molar-refractivity contribution in [1.82, 2.24) is 5.32 Å². The van der Waals surface area contributed by atoms with Crippen LogP contribution in [0.5, 0.6) is 5.75 Å². The number of amides is 1. The van der Waals surface area contributed by atoms with Gasteiger partial charge in [-0.05, 0) is 11.6 Å². The summed E-state index contributed by atoms with van der Waals surface area (Å²) < 4.78 is 5.67. The molecule has 80 valence electrons. The van der Waals surface area contributed by atoms with Crippen LogP contribution in [0, 0.1) is 0 Å². The molecule has 4 nitrogen and oxygen atoms in total. The molecule has 1 aliphatic rings. The third-order valence-electron chi connectivity index (χ3n) is 2.39. The van der Waals surface area contributed by atoms with Crippen LogP contribution in [0.4, 0.5) is 0 Å². The van der Waals surface area contributed by atoms with Gasteiger partial charge in [-0.25, -0.2) is 0 Å². The molecule has 15 heavy (non-hydrogen) atoms. The van der Waals surface area contributed by atoms with Gasteiger partial charge < -0.3 is 15.8 Å². The van der Waals surface area contributed by atoms with E-state index >= 15 is 0 Å². The molecule has 1 heterocycles. The number of fused-ring (bicyclic) bond motifs is 1. The predicted octanol–water partition coefficient (Wildman–Crippen LogP) is 0.0650. The molecule has 0 fully saturated rings. The van der Waals surface area contributed by atoms with E-state index in [0.717, 1.165) is 12.2 Å². The zero-order valence-corrected chi connectivity index (χ0v) is 8.40. The molecule has 0 saturated carbocycles. The second-order valence-electron chi connectivity index (χ2n) is 3.65. The Morgan fingerprint density at radius 2 is 2.33 bits per heavy atom. The van der Waals surface area contributed by atoms with E-state index < -0.39 is 0 Å². The second-order valence-corrected chi connectivity index (χ2v) is 3.65. The third-order valence-corrected chi connectivity index (χ3v) is 2.39. The Kier molecular flexibility index (Phi) is 2.87. The molecule has 1 aromatic carbocycles. The highest BCUT2D eigenvalue weighted by Gasteiger charge is 2.21. The summed E-state index contributed by atoms with van der Waals surface area (Å²) in [6, 6.07) is 7.98. The summed E-state index contributed by atoms with van der Waals surface area (Å²) in [5.41, 5.74) is 6.24. The molecule has 1 amide bonds. The molecule has 4 heteroatoms. The fourth-order valence-electron chi connectivity index (χ4n) is 1.72. The van der Waals surface area contributed by atoms with Crippen LogP contribution in [0.2, 0.25) is 0 Å². The lowest BCUT2D eigenvalue weighted by atomic mass is 10.1.